The summed E-state index contributed by atoms with van der Waals surface area (Å²) in [6, 6.07) is 15.8. The zero-order valence-electron chi connectivity index (χ0n) is 15.6. The van der Waals surface area contributed by atoms with Crippen LogP contribution < -0.4 is 10.6 Å². The van der Waals surface area contributed by atoms with Crippen LogP contribution in [0.4, 0.5) is 4.39 Å². The average Bonchev–Trinajstić information content (AvgIpc) is 2.74. The number of nitrogens with one attached hydrogen (secondary N) is 2. The van der Waals surface area contributed by atoms with E-state index < -0.39 is 0 Å². The first-order valence-electron chi connectivity index (χ1n) is 9.58. The van der Waals surface area contributed by atoms with Gasteiger partial charge >= 0.3 is 0 Å². The second-order valence-electron chi connectivity index (χ2n) is 6.93. The molecule has 0 unspecified atom stereocenters. The fourth-order valence-electron chi connectivity index (χ4n) is 3.50. The molecule has 2 heterocycles. The van der Waals surface area contributed by atoms with Gasteiger partial charge in [0, 0.05) is 56.3 Å². The Morgan fingerprint density at radius 1 is 1.11 bits per heavy atom. The van der Waals surface area contributed by atoms with Crippen molar-refractivity contribution in [3.63, 3.8) is 0 Å². The van der Waals surface area contributed by atoms with Crippen molar-refractivity contribution >= 4 is 16.8 Å². The number of piperazine rings is 1. The zero-order valence-corrected chi connectivity index (χ0v) is 15.6. The number of aromatic nitrogens is 1. The van der Waals surface area contributed by atoms with E-state index in [4.69, 9.17) is 0 Å². The number of hydrogen-bond donors (Lipinski definition) is 2. The highest BCUT2D eigenvalue weighted by Gasteiger charge is 2.15. The lowest BCUT2D eigenvalue weighted by molar-refractivity contribution is 0.0949. The third-order valence-corrected chi connectivity index (χ3v) is 5.01. The van der Waals surface area contributed by atoms with Crippen molar-refractivity contribution in [1.29, 1.82) is 0 Å². The summed E-state index contributed by atoms with van der Waals surface area (Å²) in [6.07, 6.45) is 0. The van der Waals surface area contributed by atoms with Gasteiger partial charge in [-0.05, 0) is 18.2 Å². The fraction of sp³-hybridized carbons (Fsp3) is 0.273. The van der Waals surface area contributed by atoms with E-state index in [9.17, 15) is 9.18 Å². The van der Waals surface area contributed by atoms with Gasteiger partial charge in [0.25, 0.3) is 5.91 Å². The molecule has 4 rings (SSSR count). The van der Waals surface area contributed by atoms with Crippen molar-refractivity contribution in [3.05, 3.63) is 66.0 Å². The van der Waals surface area contributed by atoms with Gasteiger partial charge in [-0.3, -0.25) is 9.69 Å². The van der Waals surface area contributed by atoms with E-state index in [-0.39, 0.29) is 11.7 Å². The van der Waals surface area contributed by atoms with Crippen LogP contribution in [0.2, 0.25) is 0 Å². The summed E-state index contributed by atoms with van der Waals surface area (Å²) < 4.78 is 13.8. The number of rotatable bonds is 5. The maximum absolute atomic E-state index is 13.8. The van der Waals surface area contributed by atoms with Gasteiger partial charge in [0.1, 0.15) is 5.82 Å². The van der Waals surface area contributed by atoms with Crippen molar-refractivity contribution in [2.45, 2.75) is 0 Å². The number of benzene rings is 2. The van der Waals surface area contributed by atoms with E-state index in [2.05, 4.69) is 20.5 Å². The number of carbonyl (C=O) groups excluding carboxylic acids is 1. The van der Waals surface area contributed by atoms with Crippen LogP contribution in [0.5, 0.6) is 0 Å². The maximum Gasteiger partial charge on any atom is 0.252 e. The van der Waals surface area contributed by atoms with Gasteiger partial charge in [-0.1, -0.05) is 30.3 Å². The highest BCUT2D eigenvalue weighted by molar-refractivity contribution is 6.07. The number of carbonyl (C=O) groups is 1. The first-order chi connectivity index (χ1) is 13.7. The monoisotopic (exact) mass is 378 g/mol. The molecule has 5 nitrogen and oxygen atoms in total. The van der Waals surface area contributed by atoms with Crippen molar-refractivity contribution < 1.29 is 9.18 Å². The van der Waals surface area contributed by atoms with E-state index in [1.54, 1.807) is 12.1 Å². The molecule has 0 atom stereocenters. The summed E-state index contributed by atoms with van der Waals surface area (Å²) in [6.45, 7) is 5.34. The average molecular weight is 378 g/mol. The predicted molar refractivity (Wildman–Crippen MR) is 109 cm³/mol. The summed E-state index contributed by atoms with van der Waals surface area (Å²) in [4.78, 5) is 19.8. The second-order valence-corrected chi connectivity index (χ2v) is 6.93. The van der Waals surface area contributed by atoms with Gasteiger partial charge < -0.3 is 10.6 Å². The van der Waals surface area contributed by atoms with Crippen LogP contribution in [-0.4, -0.2) is 55.1 Å². The quantitative estimate of drug-likeness (QED) is 0.717. The third-order valence-electron chi connectivity index (χ3n) is 5.01. The largest absolute Gasteiger partial charge is 0.351 e. The number of halogens is 1. The molecule has 3 aromatic rings. The van der Waals surface area contributed by atoms with Gasteiger partial charge in [-0.25, -0.2) is 9.37 Å². The summed E-state index contributed by atoms with van der Waals surface area (Å²) in [5, 5.41) is 6.98. The molecule has 1 amide bonds. The summed E-state index contributed by atoms with van der Waals surface area (Å²) >= 11 is 0. The Morgan fingerprint density at radius 2 is 1.89 bits per heavy atom. The Hall–Kier alpha value is -2.83. The Labute approximate surface area is 163 Å². The highest BCUT2D eigenvalue weighted by atomic mass is 19.1. The molecule has 1 aliphatic heterocycles. The van der Waals surface area contributed by atoms with E-state index in [0.717, 1.165) is 38.3 Å². The van der Waals surface area contributed by atoms with Crippen molar-refractivity contribution in [2.24, 2.45) is 0 Å². The van der Waals surface area contributed by atoms with Crippen LogP contribution in [0.1, 0.15) is 10.4 Å². The lowest BCUT2D eigenvalue weighted by Gasteiger charge is -2.27. The van der Waals surface area contributed by atoms with Gasteiger partial charge in [0.15, 0.2) is 0 Å². The molecule has 0 aliphatic carbocycles. The minimum Gasteiger partial charge on any atom is -0.351 e. The highest BCUT2D eigenvalue weighted by Crippen LogP contribution is 2.25. The van der Waals surface area contributed by atoms with Gasteiger partial charge in [-0.2, -0.15) is 0 Å². The number of pyridine rings is 1. The molecule has 2 N–H and O–H groups in total. The molecule has 2 aromatic carbocycles. The number of fused-ring (bicyclic) bond motifs is 1. The molecular weight excluding hydrogens is 355 g/mol. The first-order valence-corrected chi connectivity index (χ1v) is 9.58. The van der Waals surface area contributed by atoms with Crippen LogP contribution in [0.3, 0.4) is 0 Å². The topological polar surface area (TPSA) is 57.3 Å². The fourth-order valence-corrected chi connectivity index (χ4v) is 3.50. The normalized spacial score (nSPS) is 14.9. The molecule has 144 valence electrons. The SMILES string of the molecule is O=C(NCCN1CCNCC1)c1cc(-c2ccccc2)nc2cc(F)ccc12. The summed E-state index contributed by atoms with van der Waals surface area (Å²) in [5.74, 6) is -0.526. The number of amides is 1. The summed E-state index contributed by atoms with van der Waals surface area (Å²) in [5.41, 5.74) is 2.55. The van der Waals surface area contributed by atoms with Crippen LogP contribution in [0.15, 0.2) is 54.6 Å². The maximum atomic E-state index is 13.8. The third kappa shape index (κ3) is 4.18. The Kier molecular flexibility index (Phi) is 5.60. The minimum absolute atomic E-state index is 0.161. The van der Waals surface area contributed by atoms with Crippen molar-refractivity contribution in [1.82, 2.24) is 20.5 Å². The Morgan fingerprint density at radius 3 is 2.68 bits per heavy atom. The van der Waals surface area contributed by atoms with Crippen LogP contribution >= 0.6 is 0 Å². The van der Waals surface area contributed by atoms with E-state index in [1.165, 1.54) is 12.1 Å². The lowest BCUT2D eigenvalue weighted by Crippen LogP contribution is -2.46. The zero-order chi connectivity index (χ0) is 19.3. The lowest BCUT2D eigenvalue weighted by atomic mass is 10.0. The summed E-state index contributed by atoms with van der Waals surface area (Å²) in [7, 11) is 0. The predicted octanol–water partition coefficient (Wildman–Crippen LogP) is 2.68. The second kappa shape index (κ2) is 8.46. The smallest absolute Gasteiger partial charge is 0.252 e. The van der Waals surface area contributed by atoms with Gasteiger partial charge in [-0.15, -0.1) is 0 Å². The number of nitrogens with zero attached hydrogens (tertiary/aromatic N) is 2. The van der Waals surface area contributed by atoms with Crippen LogP contribution in [-0.2, 0) is 0 Å². The molecule has 0 saturated carbocycles. The van der Waals surface area contributed by atoms with Crippen molar-refractivity contribution in [2.75, 3.05) is 39.3 Å². The minimum atomic E-state index is -0.365. The van der Waals surface area contributed by atoms with Gasteiger partial charge in [0.2, 0.25) is 0 Å². The van der Waals surface area contributed by atoms with Crippen LogP contribution in [0, 0.1) is 5.82 Å². The number of hydrogen-bond acceptors (Lipinski definition) is 4. The molecule has 0 spiro atoms. The molecule has 28 heavy (non-hydrogen) atoms. The molecule has 6 heteroatoms. The first kappa shape index (κ1) is 18.5. The molecule has 1 aliphatic rings. The van der Waals surface area contributed by atoms with Gasteiger partial charge in [0.05, 0.1) is 16.8 Å². The molecule has 0 bridgehead atoms. The van der Waals surface area contributed by atoms with E-state index in [0.29, 0.717) is 28.7 Å². The van der Waals surface area contributed by atoms with E-state index >= 15 is 0 Å². The molecule has 0 radical (unpaired) electrons. The van der Waals surface area contributed by atoms with E-state index in [1.807, 2.05) is 30.3 Å². The van der Waals surface area contributed by atoms with Crippen LogP contribution in [0.25, 0.3) is 22.2 Å². The Balaban J connectivity index is 1.60. The van der Waals surface area contributed by atoms with Crippen molar-refractivity contribution in [3.8, 4) is 11.3 Å². The standard InChI is InChI=1S/C22H23FN4O/c23-17-6-7-18-19(22(28)25-10-13-27-11-8-24-9-12-27)15-20(26-21(18)14-17)16-4-2-1-3-5-16/h1-7,14-15,24H,8-13H2,(H,25,28). The molecular formula is C22H23FN4O. The molecule has 1 saturated heterocycles. The molecule has 1 aromatic heterocycles. The molecule has 1 fully saturated rings. The Bertz CT molecular complexity index is 971.